The van der Waals surface area contributed by atoms with Crippen molar-refractivity contribution in [1.29, 1.82) is 0 Å². The van der Waals surface area contributed by atoms with Crippen LogP contribution in [-0.4, -0.2) is 27.5 Å². The zero-order valence-corrected chi connectivity index (χ0v) is 10.5. The van der Waals surface area contributed by atoms with Gasteiger partial charge >= 0.3 is 0 Å². The van der Waals surface area contributed by atoms with Crippen LogP contribution < -0.4 is 5.32 Å². The minimum absolute atomic E-state index is 0.00856. The van der Waals surface area contributed by atoms with E-state index < -0.39 is 0 Å². The third-order valence-electron chi connectivity index (χ3n) is 2.24. The standard InChI is InChI=1S/C11H14BrNO3/c1-2-7(6-12)13-11(16)9-5-8(14)3-4-10(9)15/h3-5,7,14-15H,2,6H2,1H3,(H,13,16). The van der Waals surface area contributed by atoms with Gasteiger partial charge in [0.25, 0.3) is 5.91 Å². The van der Waals surface area contributed by atoms with E-state index in [4.69, 9.17) is 0 Å². The van der Waals surface area contributed by atoms with Gasteiger partial charge in [-0.2, -0.15) is 0 Å². The molecule has 4 nitrogen and oxygen atoms in total. The van der Waals surface area contributed by atoms with Crippen LogP contribution in [0.1, 0.15) is 23.7 Å². The molecule has 0 radical (unpaired) electrons. The van der Waals surface area contributed by atoms with Crippen LogP contribution in [0.4, 0.5) is 0 Å². The topological polar surface area (TPSA) is 69.6 Å². The first-order valence-corrected chi connectivity index (χ1v) is 6.09. The zero-order chi connectivity index (χ0) is 12.1. The normalized spacial score (nSPS) is 12.1. The minimum Gasteiger partial charge on any atom is -0.508 e. The Morgan fingerprint density at radius 1 is 1.50 bits per heavy atom. The molecule has 3 N–H and O–H groups in total. The molecule has 0 saturated heterocycles. The Kier molecular flexibility index (Phi) is 4.61. The molecule has 0 aromatic heterocycles. The lowest BCUT2D eigenvalue weighted by Crippen LogP contribution is -2.35. The van der Waals surface area contributed by atoms with E-state index in [0.29, 0.717) is 5.33 Å². The first-order chi connectivity index (χ1) is 7.58. The number of nitrogens with one attached hydrogen (secondary N) is 1. The fraction of sp³-hybridized carbons (Fsp3) is 0.364. The van der Waals surface area contributed by atoms with Crippen molar-refractivity contribution in [1.82, 2.24) is 5.32 Å². The lowest BCUT2D eigenvalue weighted by atomic mass is 10.1. The summed E-state index contributed by atoms with van der Waals surface area (Å²) in [6.45, 7) is 1.95. The summed E-state index contributed by atoms with van der Waals surface area (Å²) in [5.41, 5.74) is 0.0828. The number of carbonyl (C=O) groups excluding carboxylic acids is 1. The number of amides is 1. The fourth-order valence-corrected chi connectivity index (χ4v) is 1.84. The summed E-state index contributed by atoms with van der Waals surface area (Å²) in [6, 6.07) is 3.87. The van der Waals surface area contributed by atoms with Crippen molar-refractivity contribution in [2.75, 3.05) is 5.33 Å². The lowest BCUT2D eigenvalue weighted by molar-refractivity contribution is 0.0937. The van der Waals surface area contributed by atoms with E-state index in [-0.39, 0.29) is 29.0 Å². The molecular formula is C11H14BrNO3. The van der Waals surface area contributed by atoms with Crippen LogP contribution in [0.25, 0.3) is 0 Å². The second-order valence-corrected chi connectivity index (χ2v) is 4.08. The number of carbonyl (C=O) groups is 1. The maximum atomic E-state index is 11.7. The van der Waals surface area contributed by atoms with E-state index in [0.717, 1.165) is 6.42 Å². The van der Waals surface area contributed by atoms with Crippen LogP contribution >= 0.6 is 15.9 Å². The number of halogens is 1. The molecule has 1 amide bonds. The molecule has 16 heavy (non-hydrogen) atoms. The Balaban J connectivity index is 2.83. The van der Waals surface area contributed by atoms with Gasteiger partial charge in [-0.25, -0.2) is 0 Å². The van der Waals surface area contributed by atoms with Gasteiger partial charge in [0.1, 0.15) is 11.5 Å². The van der Waals surface area contributed by atoms with Crippen molar-refractivity contribution in [3.8, 4) is 11.5 Å². The van der Waals surface area contributed by atoms with E-state index in [1.54, 1.807) is 0 Å². The Morgan fingerprint density at radius 3 is 2.75 bits per heavy atom. The number of aromatic hydroxyl groups is 2. The lowest BCUT2D eigenvalue weighted by Gasteiger charge is -2.14. The number of rotatable bonds is 4. The van der Waals surface area contributed by atoms with Gasteiger partial charge < -0.3 is 15.5 Å². The monoisotopic (exact) mass is 287 g/mol. The molecule has 0 aliphatic carbocycles. The first kappa shape index (κ1) is 12.8. The van der Waals surface area contributed by atoms with Crippen molar-refractivity contribution in [3.63, 3.8) is 0 Å². The summed E-state index contributed by atoms with van der Waals surface area (Å²) in [4.78, 5) is 11.7. The number of phenols is 2. The van der Waals surface area contributed by atoms with E-state index in [9.17, 15) is 15.0 Å². The second-order valence-electron chi connectivity index (χ2n) is 3.43. The molecule has 5 heteroatoms. The molecule has 1 atom stereocenters. The Hall–Kier alpha value is -1.23. The molecule has 0 fully saturated rings. The maximum Gasteiger partial charge on any atom is 0.255 e. The van der Waals surface area contributed by atoms with Crippen LogP contribution in [-0.2, 0) is 0 Å². The Morgan fingerprint density at radius 2 is 2.19 bits per heavy atom. The number of benzene rings is 1. The average Bonchev–Trinajstić information content (AvgIpc) is 2.28. The highest BCUT2D eigenvalue weighted by Gasteiger charge is 2.15. The van der Waals surface area contributed by atoms with Gasteiger partial charge in [-0.05, 0) is 24.6 Å². The van der Waals surface area contributed by atoms with Crippen LogP contribution in [0, 0.1) is 0 Å². The Labute approximate surface area is 102 Å². The quantitative estimate of drug-likeness (QED) is 0.586. The molecule has 0 spiro atoms. The first-order valence-electron chi connectivity index (χ1n) is 4.97. The molecule has 1 rings (SSSR count). The maximum absolute atomic E-state index is 11.7. The summed E-state index contributed by atoms with van der Waals surface area (Å²) in [5, 5.41) is 22.1. The molecule has 0 aliphatic heterocycles. The van der Waals surface area contributed by atoms with Crippen LogP contribution in [0.2, 0.25) is 0 Å². The molecule has 1 unspecified atom stereocenters. The predicted octanol–water partition coefficient (Wildman–Crippen LogP) is 2.00. The second kappa shape index (κ2) is 5.75. The van der Waals surface area contributed by atoms with Crippen LogP contribution in [0.15, 0.2) is 18.2 Å². The smallest absolute Gasteiger partial charge is 0.255 e. The third-order valence-corrected chi connectivity index (χ3v) is 3.02. The van der Waals surface area contributed by atoms with E-state index in [2.05, 4.69) is 21.2 Å². The number of hydrogen-bond acceptors (Lipinski definition) is 3. The molecule has 0 saturated carbocycles. The summed E-state index contributed by atoms with van der Waals surface area (Å²) in [7, 11) is 0. The van der Waals surface area contributed by atoms with E-state index in [1.165, 1.54) is 18.2 Å². The van der Waals surface area contributed by atoms with Crippen molar-refractivity contribution < 1.29 is 15.0 Å². The average molecular weight is 288 g/mol. The highest BCUT2D eigenvalue weighted by atomic mass is 79.9. The van der Waals surface area contributed by atoms with Crippen LogP contribution in [0.3, 0.4) is 0 Å². The molecule has 88 valence electrons. The summed E-state index contributed by atoms with van der Waals surface area (Å²) >= 11 is 3.28. The van der Waals surface area contributed by atoms with Crippen molar-refractivity contribution in [2.24, 2.45) is 0 Å². The molecule has 1 aromatic carbocycles. The van der Waals surface area contributed by atoms with Gasteiger partial charge in [0.05, 0.1) is 5.56 Å². The van der Waals surface area contributed by atoms with Crippen molar-refractivity contribution in [3.05, 3.63) is 23.8 Å². The minimum atomic E-state index is -0.389. The number of alkyl halides is 1. The van der Waals surface area contributed by atoms with Gasteiger partial charge in [-0.1, -0.05) is 22.9 Å². The SMILES string of the molecule is CCC(CBr)NC(=O)c1cc(O)ccc1O. The summed E-state index contributed by atoms with van der Waals surface area (Å²) in [6.07, 6.45) is 0.788. The molecule has 0 bridgehead atoms. The number of hydrogen-bond donors (Lipinski definition) is 3. The third kappa shape index (κ3) is 3.13. The van der Waals surface area contributed by atoms with Gasteiger partial charge in [-0.3, -0.25) is 4.79 Å². The van der Waals surface area contributed by atoms with Gasteiger partial charge in [0.2, 0.25) is 0 Å². The highest BCUT2D eigenvalue weighted by molar-refractivity contribution is 9.09. The molecular weight excluding hydrogens is 274 g/mol. The van der Waals surface area contributed by atoms with E-state index in [1.807, 2.05) is 6.92 Å². The Bertz CT molecular complexity index is 377. The van der Waals surface area contributed by atoms with Crippen molar-refractivity contribution in [2.45, 2.75) is 19.4 Å². The predicted molar refractivity (Wildman–Crippen MR) is 65.1 cm³/mol. The van der Waals surface area contributed by atoms with Gasteiger partial charge in [0.15, 0.2) is 0 Å². The fourth-order valence-electron chi connectivity index (χ4n) is 1.22. The molecule has 0 aliphatic rings. The largest absolute Gasteiger partial charge is 0.508 e. The van der Waals surface area contributed by atoms with Crippen molar-refractivity contribution >= 4 is 21.8 Å². The van der Waals surface area contributed by atoms with Gasteiger partial charge in [-0.15, -0.1) is 0 Å². The zero-order valence-electron chi connectivity index (χ0n) is 8.90. The summed E-state index contributed by atoms with van der Waals surface area (Å²) < 4.78 is 0. The summed E-state index contributed by atoms with van der Waals surface area (Å²) in [5.74, 6) is -0.575. The number of phenolic OH excluding ortho intramolecular Hbond substituents is 2. The molecule has 0 heterocycles. The van der Waals surface area contributed by atoms with E-state index >= 15 is 0 Å². The van der Waals surface area contributed by atoms with Gasteiger partial charge in [0, 0.05) is 11.4 Å². The highest BCUT2D eigenvalue weighted by Crippen LogP contribution is 2.22. The molecule has 1 aromatic rings. The van der Waals surface area contributed by atoms with Crippen LogP contribution in [0.5, 0.6) is 11.5 Å².